The fourth-order valence-corrected chi connectivity index (χ4v) is 2.30. The molecule has 0 radical (unpaired) electrons. The molecule has 21 heavy (non-hydrogen) atoms. The van der Waals surface area contributed by atoms with Gasteiger partial charge in [0.15, 0.2) is 0 Å². The van der Waals surface area contributed by atoms with E-state index < -0.39 is 11.3 Å². The van der Waals surface area contributed by atoms with Crippen LogP contribution in [0.2, 0.25) is 0 Å². The first kappa shape index (κ1) is 15.0. The van der Waals surface area contributed by atoms with Crippen LogP contribution < -0.4 is 5.73 Å². The van der Waals surface area contributed by atoms with Gasteiger partial charge in [0, 0.05) is 19.3 Å². The van der Waals surface area contributed by atoms with E-state index in [0.29, 0.717) is 18.5 Å². The monoisotopic (exact) mass is 287 g/mol. The van der Waals surface area contributed by atoms with Gasteiger partial charge in [-0.15, -0.1) is 0 Å². The van der Waals surface area contributed by atoms with Crippen LogP contribution in [-0.4, -0.2) is 46.5 Å². The van der Waals surface area contributed by atoms with Gasteiger partial charge in [-0.25, -0.2) is 4.98 Å². The summed E-state index contributed by atoms with van der Waals surface area (Å²) in [5.74, 6) is 4.54. The molecule has 1 unspecified atom stereocenters. The van der Waals surface area contributed by atoms with Crippen molar-refractivity contribution in [2.45, 2.75) is 13.3 Å². The average molecular weight is 287 g/mol. The van der Waals surface area contributed by atoms with E-state index in [0.717, 1.165) is 0 Å². The Balaban J connectivity index is 2.24. The third-order valence-corrected chi connectivity index (χ3v) is 3.67. The van der Waals surface area contributed by atoms with Gasteiger partial charge in [0.1, 0.15) is 12.3 Å². The average Bonchev–Trinajstić information content (AvgIpc) is 2.89. The third kappa shape index (κ3) is 3.03. The molecule has 2 rings (SSSR count). The predicted molar refractivity (Wildman–Crippen MR) is 76.0 cm³/mol. The zero-order chi connectivity index (χ0) is 15.5. The Morgan fingerprint density at radius 3 is 2.95 bits per heavy atom. The molecule has 0 aliphatic carbocycles. The number of carbonyl (C=O) groups is 2. The minimum Gasteiger partial charge on any atom is -0.384 e. The SMILES string of the molecule is CC1(C(N)=O)CCN(C(=O)c2ncccc2C#CCO)C1. The van der Waals surface area contributed by atoms with Crippen molar-refractivity contribution in [3.8, 4) is 11.8 Å². The molecule has 1 fully saturated rings. The van der Waals surface area contributed by atoms with Gasteiger partial charge in [-0.3, -0.25) is 9.59 Å². The zero-order valence-electron chi connectivity index (χ0n) is 11.8. The highest BCUT2D eigenvalue weighted by molar-refractivity contribution is 5.95. The number of carbonyl (C=O) groups excluding carboxylic acids is 2. The van der Waals surface area contributed by atoms with Gasteiger partial charge >= 0.3 is 0 Å². The van der Waals surface area contributed by atoms with Crippen LogP contribution >= 0.6 is 0 Å². The van der Waals surface area contributed by atoms with Crippen LogP contribution in [0.4, 0.5) is 0 Å². The second kappa shape index (κ2) is 5.94. The highest BCUT2D eigenvalue weighted by atomic mass is 16.2. The molecule has 1 aromatic rings. The lowest BCUT2D eigenvalue weighted by atomic mass is 9.89. The Morgan fingerprint density at radius 2 is 2.33 bits per heavy atom. The van der Waals surface area contributed by atoms with Gasteiger partial charge in [-0.05, 0) is 25.5 Å². The number of aliphatic hydroxyl groups excluding tert-OH is 1. The van der Waals surface area contributed by atoms with E-state index in [4.69, 9.17) is 10.8 Å². The summed E-state index contributed by atoms with van der Waals surface area (Å²) in [6.45, 7) is 2.21. The molecule has 0 bridgehead atoms. The van der Waals surface area contributed by atoms with Crippen molar-refractivity contribution < 1.29 is 14.7 Å². The van der Waals surface area contributed by atoms with Gasteiger partial charge in [0.05, 0.1) is 11.0 Å². The zero-order valence-corrected chi connectivity index (χ0v) is 11.8. The van der Waals surface area contributed by atoms with Crippen molar-refractivity contribution in [1.29, 1.82) is 0 Å². The molecule has 6 nitrogen and oxygen atoms in total. The van der Waals surface area contributed by atoms with Crippen LogP contribution in [0, 0.1) is 17.3 Å². The highest BCUT2D eigenvalue weighted by Gasteiger charge is 2.41. The number of primary amides is 1. The molecular formula is C15H17N3O3. The fourth-order valence-electron chi connectivity index (χ4n) is 2.30. The van der Waals surface area contributed by atoms with Crippen molar-refractivity contribution in [3.05, 3.63) is 29.6 Å². The minimum absolute atomic E-state index is 0.229. The number of pyridine rings is 1. The molecule has 1 saturated heterocycles. The maximum atomic E-state index is 12.5. The van der Waals surface area contributed by atoms with E-state index in [1.807, 2.05) is 0 Å². The van der Waals surface area contributed by atoms with E-state index >= 15 is 0 Å². The van der Waals surface area contributed by atoms with Gasteiger partial charge in [-0.2, -0.15) is 0 Å². The molecule has 0 spiro atoms. The molecule has 3 N–H and O–H groups in total. The molecule has 1 aromatic heterocycles. The lowest BCUT2D eigenvalue weighted by Gasteiger charge is -2.21. The number of aromatic nitrogens is 1. The van der Waals surface area contributed by atoms with Crippen molar-refractivity contribution >= 4 is 11.8 Å². The standard InChI is InChI=1S/C15H17N3O3/c1-15(14(16)21)6-8-18(10-15)13(20)12-11(5-3-9-19)4-2-7-17-12/h2,4,7,19H,6,8-10H2,1H3,(H2,16,21). The Bertz CT molecular complexity index is 633. The van der Waals surface area contributed by atoms with Crippen LogP contribution in [0.3, 0.4) is 0 Å². The smallest absolute Gasteiger partial charge is 0.273 e. The molecule has 2 amide bonds. The summed E-state index contributed by atoms with van der Waals surface area (Å²) in [5, 5.41) is 8.76. The number of nitrogens with two attached hydrogens (primary N) is 1. The molecule has 0 saturated carbocycles. The Kier molecular flexibility index (Phi) is 4.24. The Morgan fingerprint density at radius 1 is 1.57 bits per heavy atom. The van der Waals surface area contributed by atoms with Gasteiger partial charge in [0.25, 0.3) is 5.91 Å². The largest absolute Gasteiger partial charge is 0.384 e. The highest BCUT2D eigenvalue weighted by Crippen LogP contribution is 2.30. The van der Waals surface area contributed by atoms with E-state index in [2.05, 4.69) is 16.8 Å². The van der Waals surface area contributed by atoms with Crippen LogP contribution in [0.5, 0.6) is 0 Å². The molecule has 1 aliphatic rings. The molecule has 1 atom stereocenters. The maximum absolute atomic E-state index is 12.5. The van der Waals surface area contributed by atoms with Crippen molar-refractivity contribution in [2.24, 2.45) is 11.1 Å². The van der Waals surface area contributed by atoms with Gasteiger partial charge in [0.2, 0.25) is 5.91 Å². The molecule has 2 heterocycles. The summed E-state index contributed by atoms with van der Waals surface area (Å²) in [4.78, 5) is 29.6. The van der Waals surface area contributed by atoms with E-state index in [-0.39, 0.29) is 24.8 Å². The first-order chi connectivity index (χ1) is 9.98. The number of rotatable bonds is 2. The van der Waals surface area contributed by atoms with Crippen molar-refractivity contribution in [3.63, 3.8) is 0 Å². The Hall–Kier alpha value is -2.39. The molecule has 6 heteroatoms. The van der Waals surface area contributed by atoms with Crippen molar-refractivity contribution in [1.82, 2.24) is 9.88 Å². The van der Waals surface area contributed by atoms with Gasteiger partial charge < -0.3 is 15.7 Å². The second-order valence-electron chi connectivity index (χ2n) is 5.26. The maximum Gasteiger partial charge on any atom is 0.273 e. The molecule has 0 aromatic carbocycles. The van der Waals surface area contributed by atoms with Gasteiger partial charge in [-0.1, -0.05) is 11.8 Å². The molecule has 1 aliphatic heterocycles. The summed E-state index contributed by atoms with van der Waals surface area (Å²) in [6, 6.07) is 3.35. The quantitative estimate of drug-likeness (QED) is 0.734. The predicted octanol–water partition coefficient (Wildman–Crippen LogP) is -0.237. The summed E-state index contributed by atoms with van der Waals surface area (Å²) in [7, 11) is 0. The summed E-state index contributed by atoms with van der Waals surface area (Å²) < 4.78 is 0. The van der Waals surface area contributed by atoms with Crippen LogP contribution in [0.1, 0.15) is 29.4 Å². The summed E-state index contributed by atoms with van der Waals surface area (Å²) >= 11 is 0. The third-order valence-electron chi connectivity index (χ3n) is 3.67. The van der Waals surface area contributed by atoms with E-state index in [1.165, 1.54) is 6.20 Å². The van der Waals surface area contributed by atoms with Crippen molar-refractivity contribution in [2.75, 3.05) is 19.7 Å². The fraction of sp³-hybridized carbons (Fsp3) is 0.400. The van der Waals surface area contributed by atoms with Crippen LogP contribution in [-0.2, 0) is 4.79 Å². The number of aliphatic hydroxyl groups is 1. The topological polar surface area (TPSA) is 96.5 Å². The summed E-state index contributed by atoms with van der Waals surface area (Å²) in [5.41, 5.74) is 5.38. The van der Waals surface area contributed by atoms with Crippen LogP contribution in [0.25, 0.3) is 0 Å². The lowest BCUT2D eigenvalue weighted by Crippen LogP contribution is -2.39. The van der Waals surface area contributed by atoms with Crippen LogP contribution in [0.15, 0.2) is 18.3 Å². The first-order valence-electron chi connectivity index (χ1n) is 6.62. The lowest BCUT2D eigenvalue weighted by molar-refractivity contribution is -0.126. The van der Waals surface area contributed by atoms with E-state index in [1.54, 1.807) is 24.0 Å². The number of hydrogen-bond donors (Lipinski definition) is 2. The number of hydrogen-bond acceptors (Lipinski definition) is 4. The Labute approximate surface area is 123 Å². The number of amides is 2. The normalized spacial score (nSPS) is 20.8. The second-order valence-corrected chi connectivity index (χ2v) is 5.26. The molecule has 110 valence electrons. The molecular weight excluding hydrogens is 270 g/mol. The number of nitrogens with zero attached hydrogens (tertiary/aromatic N) is 2. The first-order valence-corrected chi connectivity index (χ1v) is 6.62. The van der Waals surface area contributed by atoms with E-state index in [9.17, 15) is 9.59 Å². The minimum atomic E-state index is -0.693. The summed E-state index contributed by atoms with van der Waals surface area (Å²) in [6.07, 6.45) is 2.05. The number of likely N-dealkylation sites (tertiary alicyclic amines) is 1.